The van der Waals surface area contributed by atoms with Gasteiger partial charge in [0, 0.05) is 21.0 Å². The van der Waals surface area contributed by atoms with Gasteiger partial charge < -0.3 is 10.1 Å². The van der Waals surface area contributed by atoms with E-state index in [1.807, 2.05) is 36.6 Å². The third kappa shape index (κ3) is 6.23. The third-order valence-electron chi connectivity index (χ3n) is 3.96. The predicted molar refractivity (Wildman–Crippen MR) is 118 cm³/mol. The molecule has 30 heavy (non-hydrogen) atoms. The van der Waals surface area contributed by atoms with E-state index in [1.54, 1.807) is 24.3 Å². The number of carbonyl (C=O) groups is 3. The molecule has 3 aromatic rings. The zero-order chi connectivity index (χ0) is 21.5. The van der Waals surface area contributed by atoms with E-state index in [1.165, 1.54) is 11.3 Å². The molecule has 7 nitrogen and oxygen atoms in total. The van der Waals surface area contributed by atoms with E-state index in [-0.39, 0.29) is 6.54 Å². The molecule has 2 amide bonds. The van der Waals surface area contributed by atoms with E-state index in [0.29, 0.717) is 10.7 Å². The summed E-state index contributed by atoms with van der Waals surface area (Å²) in [6, 6.07) is 14.6. The normalized spacial score (nSPS) is 10.3. The predicted octanol–water partition coefficient (Wildman–Crippen LogP) is 3.79. The smallest absolute Gasteiger partial charge is 0.325 e. The summed E-state index contributed by atoms with van der Waals surface area (Å²) >= 11 is 4.56. The van der Waals surface area contributed by atoms with Gasteiger partial charge in [-0.25, -0.2) is 4.98 Å². The summed E-state index contributed by atoms with van der Waals surface area (Å²) < 4.78 is 5.73. The van der Waals surface area contributed by atoms with Crippen molar-refractivity contribution in [2.45, 2.75) is 6.92 Å². The van der Waals surface area contributed by atoms with Crippen LogP contribution in [0.25, 0.3) is 11.3 Å². The molecule has 0 aliphatic heterocycles. The number of nitrogens with one attached hydrogen (secondary N) is 2. The van der Waals surface area contributed by atoms with Crippen LogP contribution in [0.15, 0.2) is 58.4 Å². The van der Waals surface area contributed by atoms with Gasteiger partial charge in [-0.05, 0) is 31.2 Å². The Kier molecular flexibility index (Phi) is 7.31. The first kappa shape index (κ1) is 21.7. The lowest BCUT2D eigenvalue weighted by atomic mass is 10.1. The van der Waals surface area contributed by atoms with Crippen molar-refractivity contribution in [1.82, 2.24) is 10.3 Å². The fourth-order valence-corrected chi connectivity index (χ4v) is 3.40. The first-order chi connectivity index (χ1) is 14.4. The van der Waals surface area contributed by atoms with Gasteiger partial charge in [-0.1, -0.05) is 45.8 Å². The molecule has 0 aliphatic rings. The van der Waals surface area contributed by atoms with Crippen molar-refractivity contribution in [3.63, 3.8) is 0 Å². The van der Waals surface area contributed by atoms with Crippen molar-refractivity contribution in [2.24, 2.45) is 0 Å². The number of carbonyl (C=O) groups excluding carboxylic acids is 3. The lowest BCUT2D eigenvalue weighted by Crippen LogP contribution is -2.32. The Morgan fingerprint density at radius 1 is 1.07 bits per heavy atom. The van der Waals surface area contributed by atoms with Crippen molar-refractivity contribution < 1.29 is 19.1 Å². The van der Waals surface area contributed by atoms with Gasteiger partial charge in [0.1, 0.15) is 6.54 Å². The highest BCUT2D eigenvalue weighted by molar-refractivity contribution is 9.10. The highest BCUT2D eigenvalue weighted by Crippen LogP contribution is 2.25. The molecule has 0 atom stereocenters. The number of benzene rings is 2. The van der Waals surface area contributed by atoms with Crippen molar-refractivity contribution in [2.75, 3.05) is 18.5 Å². The maximum absolute atomic E-state index is 12.0. The number of halogens is 1. The van der Waals surface area contributed by atoms with Crippen LogP contribution in [-0.2, 0) is 14.3 Å². The summed E-state index contributed by atoms with van der Waals surface area (Å²) in [4.78, 5) is 40.1. The van der Waals surface area contributed by atoms with Gasteiger partial charge >= 0.3 is 5.97 Å². The number of nitrogens with zero attached hydrogens (tertiary/aromatic N) is 1. The van der Waals surface area contributed by atoms with E-state index >= 15 is 0 Å². The number of aryl methyl sites for hydroxylation is 1. The van der Waals surface area contributed by atoms with Crippen LogP contribution in [0.1, 0.15) is 15.9 Å². The second-order valence-corrected chi connectivity index (χ2v) is 8.08. The maximum Gasteiger partial charge on any atom is 0.325 e. The number of amides is 2. The minimum absolute atomic E-state index is 0.336. The van der Waals surface area contributed by atoms with Crippen molar-refractivity contribution in [3.05, 3.63) is 69.5 Å². The SMILES string of the molecule is Cc1ccc(-c2csc(NC(=O)COC(=O)CNC(=O)c3ccc(Br)cc3)n2)cc1. The Morgan fingerprint density at radius 2 is 1.77 bits per heavy atom. The molecule has 0 unspecified atom stereocenters. The monoisotopic (exact) mass is 487 g/mol. The molecule has 0 fully saturated rings. The molecule has 0 saturated carbocycles. The van der Waals surface area contributed by atoms with Crippen LogP contribution in [0.5, 0.6) is 0 Å². The Hall–Kier alpha value is -3.04. The second kappa shape index (κ2) is 10.1. The molecule has 0 bridgehead atoms. The molecule has 9 heteroatoms. The molecule has 1 heterocycles. The molecule has 2 aromatic carbocycles. The van der Waals surface area contributed by atoms with Crippen LogP contribution in [0.3, 0.4) is 0 Å². The quantitative estimate of drug-likeness (QED) is 0.494. The first-order valence-electron chi connectivity index (χ1n) is 8.92. The lowest BCUT2D eigenvalue weighted by molar-refractivity contribution is -0.146. The van der Waals surface area contributed by atoms with E-state index in [9.17, 15) is 14.4 Å². The van der Waals surface area contributed by atoms with E-state index in [0.717, 1.165) is 21.3 Å². The Balaban J connectivity index is 1.42. The molecule has 0 aliphatic carbocycles. The standard InChI is InChI=1S/C21H18BrN3O4S/c1-13-2-4-14(5-3-13)17-12-30-21(24-17)25-18(26)11-29-19(27)10-23-20(28)15-6-8-16(22)9-7-15/h2-9,12H,10-11H2,1H3,(H,23,28)(H,24,25,26). The number of esters is 1. The summed E-state index contributed by atoms with van der Waals surface area (Å²) in [5, 5.41) is 7.29. The number of aromatic nitrogens is 1. The summed E-state index contributed by atoms with van der Waals surface area (Å²) in [5.41, 5.74) is 3.27. The summed E-state index contributed by atoms with van der Waals surface area (Å²) in [5.74, 6) is -1.63. The average molecular weight is 488 g/mol. The number of ether oxygens (including phenoxy) is 1. The van der Waals surface area contributed by atoms with Crippen molar-refractivity contribution in [1.29, 1.82) is 0 Å². The fourth-order valence-electron chi connectivity index (χ4n) is 2.40. The topological polar surface area (TPSA) is 97.4 Å². The van der Waals surface area contributed by atoms with E-state index < -0.39 is 24.4 Å². The Bertz CT molecular complexity index is 1050. The van der Waals surface area contributed by atoms with E-state index in [4.69, 9.17) is 4.74 Å². The van der Waals surface area contributed by atoms with Gasteiger partial charge in [0.25, 0.3) is 11.8 Å². The molecule has 2 N–H and O–H groups in total. The van der Waals surface area contributed by atoms with Crippen LogP contribution in [0, 0.1) is 6.92 Å². The van der Waals surface area contributed by atoms with Gasteiger partial charge in [-0.3, -0.25) is 19.7 Å². The third-order valence-corrected chi connectivity index (χ3v) is 5.25. The molecule has 0 radical (unpaired) electrons. The van der Waals surface area contributed by atoms with Gasteiger partial charge in [-0.2, -0.15) is 0 Å². The molecular formula is C21H18BrN3O4S. The fraction of sp³-hybridized carbons (Fsp3) is 0.143. The van der Waals surface area contributed by atoms with Crippen LogP contribution >= 0.6 is 27.3 Å². The minimum Gasteiger partial charge on any atom is -0.454 e. The summed E-state index contributed by atoms with van der Waals surface area (Å²) in [7, 11) is 0. The van der Waals surface area contributed by atoms with Crippen molar-refractivity contribution in [3.8, 4) is 11.3 Å². The lowest BCUT2D eigenvalue weighted by Gasteiger charge is -2.06. The second-order valence-electron chi connectivity index (χ2n) is 6.30. The number of anilines is 1. The van der Waals surface area contributed by atoms with Crippen LogP contribution in [0.2, 0.25) is 0 Å². The number of rotatable bonds is 7. The zero-order valence-electron chi connectivity index (χ0n) is 16.0. The Morgan fingerprint density at radius 3 is 2.47 bits per heavy atom. The average Bonchev–Trinajstić information content (AvgIpc) is 3.20. The summed E-state index contributed by atoms with van der Waals surface area (Å²) in [6.45, 7) is 1.20. The largest absolute Gasteiger partial charge is 0.454 e. The van der Waals surface area contributed by atoms with Gasteiger partial charge in [0.2, 0.25) is 0 Å². The number of thiazole rings is 1. The molecule has 3 rings (SSSR count). The first-order valence-corrected chi connectivity index (χ1v) is 10.6. The highest BCUT2D eigenvalue weighted by Gasteiger charge is 2.12. The number of hydrogen-bond acceptors (Lipinski definition) is 6. The molecule has 1 aromatic heterocycles. The van der Waals surface area contributed by atoms with Crippen LogP contribution in [0.4, 0.5) is 5.13 Å². The Labute approximate surface area is 185 Å². The minimum atomic E-state index is -0.713. The summed E-state index contributed by atoms with van der Waals surface area (Å²) in [6.07, 6.45) is 0. The molecular weight excluding hydrogens is 470 g/mol. The number of hydrogen-bond donors (Lipinski definition) is 2. The van der Waals surface area contributed by atoms with Gasteiger partial charge in [-0.15, -0.1) is 11.3 Å². The van der Waals surface area contributed by atoms with Crippen molar-refractivity contribution >= 4 is 50.2 Å². The van der Waals surface area contributed by atoms with Gasteiger partial charge in [0.05, 0.1) is 5.69 Å². The van der Waals surface area contributed by atoms with E-state index in [2.05, 4.69) is 31.5 Å². The molecule has 154 valence electrons. The zero-order valence-corrected chi connectivity index (χ0v) is 18.4. The van der Waals surface area contributed by atoms with Gasteiger partial charge in [0.15, 0.2) is 11.7 Å². The van der Waals surface area contributed by atoms with Crippen LogP contribution in [-0.4, -0.2) is 35.9 Å². The maximum atomic E-state index is 12.0. The molecule has 0 spiro atoms. The van der Waals surface area contributed by atoms with Crippen LogP contribution < -0.4 is 10.6 Å². The highest BCUT2D eigenvalue weighted by atomic mass is 79.9. The molecule has 0 saturated heterocycles.